The third-order valence-electron chi connectivity index (χ3n) is 6.03. The summed E-state index contributed by atoms with van der Waals surface area (Å²) < 4.78 is 10.4. The van der Waals surface area contributed by atoms with Crippen LogP contribution in [-0.4, -0.2) is 60.1 Å². The zero-order valence-electron chi connectivity index (χ0n) is 25.1. The van der Waals surface area contributed by atoms with Crippen LogP contribution in [0.2, 0.25) is 0 Å². The molecular formula is C30H49N3O6. The lowest BCUT2D eigenvalue weighted by molar-refractivity contribution is -0.144. The Kier molecular flexibility index (Phi) is 14.6. The predicted molar refractivity (Wildman–Crippen MR) is 152 cm³/mol. The number of alkyl carbamates (subject to hydrolysis) is 1. The summed E-state index contributed by atoms with van der Waals surface area (Å²) in [5, 5.41) is 5.55. The molecule has 0 heterocycles. The Labute approximate surface area is 234 Å². The Hall–Kier alpha value is -3.10. The highest BCUT2D eigenvalue weighted by Crippen LogP contribution is 2.25. The van der Waals surface area contributed by atoms with Gasteiger partial charge in [0.2, 0.25) is 11.8 Å². The summed E-state index contributed by atoms with van der Waals surface area (Å²) in [5.41, 5.74) is 0.947. The molecule has 1 rings (SSSR count). The molecule has 0 aliphatic rings. The molecule has 2 atom stereocenters. The molecule has 9 nitrogen and oxygen atoms in total. The van der Waals surface area contributed by atoms with E-state index in [1.807, 2.05) is 45.0 Å². The summed E-state index contributed by atoms with van der Waals surface area (Å²) in [6, 6.07) is 5.63. The molecule has 9 heteroatoms. The third kappa shape index (κ3) is 12.5. The molecule has 2 N–H and O–H groups in total. The van der Waals surface area contributed by atoms with Crippen molar-refractivity contribution in [2.24, 2.45) is 5.92 Å². The van der Waals surface area contributed by atoms with Gasteiger partial charge < -0.3 is 25.0 Å². The monoisotopic (exact) mass is 547 g/mol. The van der Waals surface area contributed by atoms with E-state index in [0.717, 1.165) is 24.8 Å². The maximum absolute atomic E-state index is 14.1. The van der Waals surface area contributed by atoms with E-state index in [1.54, 1.807) is 32.6 Å². The van der Waals surface area contributed by atoms with Gasteiger partial charge in [-0.05, 0) is 52.5 Å². The van der Waals surface area contributed by atoms with Crippen molar-refractivity contribution in [3.63, 3.8) is 0 Å². The molecule has 0 bridgehead atoms. The van der Waals surface area contributed by atoms with Crippen molar-refractivity contribution in [3.05, 3.63) is 35.4 Å². The average molecular weight is 548 g/mol. The number of nitrogens with one attached hydrogen (secondary N) is 2. The van der Waals surface area contributed by atoms with E-state index < -0.39 is 35.7 Å². The molecule has 0 spiro atoms. The maximum atomic E-state index is 14.1. The average Bonchev–Trinajstić information content (AvgIpc) is 2.83. The Morgan fingerprint density at radius 1 is 0.974 bits per heavy atom. The molecular weight excluding hydrogens is 498 g/mol. The van der Waals surface area contributed by atoms with Gasteiger partial charge in [-0.15, -0.1) is 0 Å². The van der Waals surface area contributed by atoms with Crippen molar-refractivity contribution in [1.29, 1.82) is 0 Å². The smallest absolute Gasteiger partial charge is 0.408 e. The zero-order chi connectivity index (χ0) is 29.6. The zero-order valence-corrected chi connectivity index (χ0v) is 25.1. The predicted octanol–water partition coefficient (Wildman–Crippen LogP) is 5.06. The van der Waals surface area contributed by atoms with E-state index in [9.17, 15) is 19.2 Å². The van der Waals surface area contributed by atoms with Crippen molar-refractivity contribution in [1.82, 2.24) is 15.5 Å². The summed E-state index contributed by atoms with van der Waals surface area (Å²) in [5.74, 6) is -1.42. The molecule has 1 aromatic rings. The van der Waals surface area contributed by atoms with E-state index in [4.69, 9.17) is 9.47 Å². The van der Waals surface area contributed by atoms with E-state index >= 15 is 0 Å². The van der Waals surface area contributed by atoms with Crippen LogP contribution in [0.15, 0.2) is 24.3 Å². The van der Waals surface area contributed by atoms with Gasteiger partial charge >= 0.3 is 12.1 Å². The quantitative estimate of drug-likeness (QED) is 0.234. The highest BCUT2D eigenvalue weighted by atomic mass is 16.6. The minimum Gasteiger partial charge on any atom is -0.466 e. The summed E-state index contributed by atoms with van der Waals surface area (Å²) in [6.07, 6.45) is 2.98. The molecule has 0 fully saturated rings. The SMILES string of the molecule is CCCCCCN(C(=O)C(NC(=O)OC(C)(C)C)C(C)C)C(C(=O)NCCC(=O)OCC)c1ccc(C)cc1. The van der Waals surface area contributed by atoms with Gasteiger partial charge in [0.25, 0.3) is 0 Å². The van der Waals surface area contributed by atoms with Crippen LogP contribution in [0.3, 0.4) is 0 Å². The molecule has 220 valence electrons. The number of rotatable bonds is 15. The third-order valence-corrected chi connectivity index (χ3v) is 6.03. The number of carbonyl (C=O) groups is 4. The Morgan fingerprint density at radius 2 is 1.62 bits per heavy atom. The number of esters is 1. The van der Waals surface area contributed by atoms with Gasteiger partial charge in [-0.2, -0.15) is 0 Å². The molecule has 1 aromatic carbocycles. The summed E-state index contributed by atoms with van der Waals surface area (Å²) in [7, 11) is 0. The Balaban J connectivity index is 3.38. The summed E-state index contributed by atoms with van der Waals surface area (Å²) in [6.45, 7) is 15.4. The van der Waals surface area contributed by atoms with Crippen LogP contribution in [0.5, 0.6) is 0 Å². The second-order valence-electron chi connectivity index (χ2n) is 11.1. The maximum Gasteiger partial charge on any atom is 0.408 e. The second kappa shape index (κ2) is 16.8. The van der Waals surface area contributed by atoms with Gasteiger partial charge in [0.1, 0.15) is 17.7 Å². The second-order valence-corrected chi connectivity index (χ2v) is 11.1. The molecule has 0 aromatic heterocycles. The number of hydrogen-bond acceptors (Lipinski definition) is 6. The fourth-order valence-corrected chi connectivity index (χ4v) is 4.04. The lowest BCUT2D eigenvalue weighted by atomic mass is 9.97. The molecule has 39 heavy (non-hydrogen) atoms. The number of aryl methyl sites for hydroxylation is 1. The molecule has 3 amide bonds. The van der Waals surface area contributed by atoms with Crippen LogP contribution in [0.4, 0.5) is 4.79 Å². The largest absolute Gasteiger partial charge is 0.466 e. The van der Waals surface area contributed by atoms with Crippen LogP contribution >= 0.6 is 0 Å². The topological polar surface area (TPSA) is 114 Å². The first kappa shape index (κ1) is 33.9. The minimum absolute atomic E-state index is 0.0272. The van der Waals surface area contributed by atoms with Crippen molar-refractivity contribution in [2.45, 2.75) is 105 Å². The van der Waals surface area contributed by atoms with E-state index in [1.165, 1.54) is 0 Å². The first-order valence-corrected chi connectivity index (χ1v) is 14.1. The van der Waals surface area contributed by atoms with Crippen molar-refractivity contribution < 1.29 is 28.7 Å². The number of carbonyl (C=O) groups excluding carboxylic acids is 4. The van der Waals surface area contributed by atoms with E-state index in [0.29, 0.717) is 18.5 Å². The lowest BCUT2D eigenvalue weighted by Crippen LogP contribution is -2.55. The van der Waals surface area contributed by atoms with Crippen LogP contribution in [0.25, 0.3) is 0 Å². The summed E-state index contributed by atoms with van der Waals surface area (Å²) in [4.78, 5) is 53.8. The number of nitrogens with zero attached hydrogens (tertiary/aromatic N) is 1. The number of benzene rings is 1. The molecule has 0 aliphatic heterocycles. The normalized spacial score (nSPS) is 12.8. The van der Waals surface area contributed by atoms with E-state index in [-0.39, 0.29) is 31.4 Å². The van der Waals surface area contributed by atoms with Gasteiger partial charge in [-0.25, -0.2) is 4.79 Å². The van der Waals surface area contributed by atoms with Crippen LogP contribution < -0.4 is 10.6 Å². The molecule has 0 aliphatic carbocycles. The first-order chi connectivity index (χ1) is 18.3. The van der Waals surface area contributed by atoms with Crippen LogP contribution in [-0.2, 0) is 23.9 Å². The van der Waals surface area contributed by atoms with E-state index in [2.05, 4.69) is 17.6 Å². The van der Waals surface area contributed by atoms with Crippen molar-refractivity contribution >= 4 is 23.9 Å². The Morgan fingerprint density at radius 3 is 2.15 bits per heavy atom. The lowest BCUT2D eigenvalue weighted by Gasteiger charge is -2.35. The van der Waals surface area contributed by atoms with Crippen LogP contribution in [0, 0.1) is 12.8 Å². The van der Waals surface area contributed by atoms with Crippen molar-refractivity contribution in [2.75, 3.05) is 19.7 Å². The summed E-state index contributed by atoms with van der Waals surface area (Å²) >= 11 is 0. The molecule has 2 unspecified atom stereocenters. The molecule has 0 saturated carbocycles. The van der Waals surface area contributed by atoms with Gasteiger partial charge in [0, 0.05) is 13.1 Å². The van der Waals surface area contributed by atoms with Gasteiger partial charge in [0.15, 0.2) is 0 Å². The van der Waals surface area contributed by atoms with Crippen molar-refractivity contribution in [3.8, 4) is 0 Å². The molecule has 0 saturated heterocycles. The highest BCUT2D eigenvalue weighted by molar-refractivity contribution is 5.92. The number of ether oxygens (including phenoxy) is 2. The molecule has 0 radical (unpaired) electrons. The van der Waals surface area contributed by atoms with Gasteiger partial charge in [-0.1, -0.05) is 69.9 Å². The number of unbranched alkanes of at least 4 members (excludes halogenated alkanes) is 3. The van der Waals surface area contributed by atoms with Gasteiger partial charge in [-0.3, -0.25) is 14.4 Å². The van der Waals surface area contributed by atoms with Crippen LogP contribution in [0.1, 0.15) is 97.7 Å². The number of amides is 3. The minimum atomic E-state index is -0.941. The fourth-order valence-electron chi connectivity index (χ4n) is 4.04. The highest BCUT2D eigenvalue weighted by Gasteiger charge is 2.37. The van der Waals surface area contributed by atoms with Gasteiger partial charge in [0.05, 0.1) is 13.0 Å². The number of hydrogen-bond donors (Lipinski definition) is 2. The Bertz CT molecular complexity index is 924. The fraction of sp³-hybridized carbons (Fsp3) is 0.667. The first-order valence-electron chi connectivity index (χ1n) is 14.1. The standard InChI is InChI=1S/C30H49N3O6/c1-9-11-12-13-20-33(28(36)25(21(3)4)32-29(37)39-30(6,7)8)26(23-16-14-22(5)15-17-23)27(35)31-19-18-24(34)38-10-2/h14-17,21,25-26H,9-13,18-20H2,1-8H3,(H,31,35)(H,32,37).